The van der Waals surface area contributed by atoms with Crippen molar-refractivity contribution < 1.29 is 9.72 Å². The molecule has 7 heteroatoms. The number of nitrogens with zero attached hydrogens (tertiary/aromatic N) is 2. The van der Waals surface area contributed by atoms with Crippen LogP contribution in [0, 0.1) is 10.1 Å². The Balaban J connectivity index is 2.83. The molecule has 1 heterocycles. The highest BCUT2D eigenvalue weighted by Gasteiger charge is 2.31. The number of hydrogen-bond donors (Lipinski definition) is 0. The molecule has 18 heavy (non-hydrogen) atoms. The first-order valence-corrected chi connectivity index (χ1v) is 7.38. The first-order valence-electron chi connectivity index (χ1n) is 6.06. The van der Waals surface area contributed by atoms with Crippen molar-refractivity contribution in [3.63, 3.8) is 0 Å². The van der Waals surface area contributed by atoms with Gasteiger partial charge in [0, 0.05) is 30.5 Å². The summed E-state index contributed by atoms with van der Waals surface area (Å²) >= 11 is 7.21. The number of halogens is 1. The molecule has 1 aliphatic heterocycles. The molecular weight excluding hydrogens is 276 g/mol. The summed E-state index contributed by atoms with van der Waals surface area (Å²) in [7, 11) is 0. The molecule has 0 radical (unpaired) electrons. The molecule has 5 nitrogen and oxygen atoms in total. The minimum atomic E-state index is -0.600. The third-order valence-corrected chi connectivity index (χ3v) is 4.23. The largest absolute Gasteiger partial charge is 0.342 e. The molecule has 0 aromatic rings. The summed E-state index contributed by atoms with van der Waals surface area (Å²) in [4.78, 5) is 22.4. The Morgan fingerprint density at radius 3 is 2.83 bits per heavy atom. The molecule has 1 aliphatic rings. The standard InChI is InChI=1S/C11H17ClN2O3S/c1-2-3-4-6-9(15)10(14(16)17)11-13(12)7-5-8-18-11/h2-8H2,1H3. The summed E-state index contributed by atoms with van der Waals surface area (Å²) in [6, 6.07) is 0. The van der Waals surface area contributed by atoms with Gasteiger partial charge in [-0.05, 0) is 12.8 Å². The quantitative estimate of drug-likeness (QED) is 0.247. The van der Waals surface area contributed by atoms with Crippen LogP contribution in [0.1, 0.15) is 39.0 Å². The van der Waals surface area contributed by atoms with E-state index in [4.69, 9.17) is 11.8 Å². The predicted octanol–water partition coefficient (Wildman–Crippen LogP) is 3.17. The lowest BCUT2D eigenvalue weighted by atomic mass is 10.1. The number of hydrogen-bond acceptors (Lipinski definition) is 5. The van der Waals surface area contributed by atoms with Gasteiger partial charge in [0.15, 0.2) is 5.03 Å². The van der Waals surface area contributed by atoms with Gasteiger partial charge in [-0.15, -0.1) is 11.8 Å². The minimum absolute atomic E-state index is 0.221. The van der Waals surface area contributed by atoms with E-state index in [2.05, 4.69) is 0 Å². The fourth-order valence-corrected chi connectivity index (χ4v) is 3.05. The number of ketones is 1. The minimum Gasteiger partial charge on any atom is -0.287 e. The zero-order valence-corrected chi connectivity index (χ0v) is 11.9. The van der Waals surface area contributed by atoms with Crippen molar-refractivity contribution >= 4 is 29.3 Å². The van der Waals surface area contributed by atoms with Gasteiger partial charge in [-0.3, -0.25) is 19.3 Å². The van der Waals surface area contributed by atoms with Gasteiger partial charge < -0.3 is 0 Å². The van der Waals surface area contributed by atoms with Crippen molar-refractivity contribution in [2.24, 2.45) is 0 Å². The van der Waals surface area contributed by atoms with Crippen LogP contribution in [0.3, 0.4) is 0 Å². The normalized spacial score (nSPS) is 18.7. The fourth-order valence-electron chi connectivity index (χ4n) is 1.68. The van der Waals surface area contributed by atoms with Crippen LogP contribution in [0.15, 0.2) is 10.7 Å². The zero-order valence-electron chi connectivity index (χ0n) is 10.4. The number of carbonyl (C=O) groups is 1. The van der Waals surface area contributed by atoms with Crippen molar-refractivity contribution in [2.75, 3.05) is 12.3 Å². The van der Waals surface area contributed by atoms with E-state index in [1.807, 2.05) is 6.92 Å². The van der Waals surface area contributed by atoms with Crippen LogP contribution in [0.25, 0.3) is 0 Å². The van der Waals surface area contributed by atoms with Crippen LogP contribution < -0.4 is 0 Å². The van der Waals surface area contributed by atoms with Crippen LogP contribution in [0.4, 0.5) is 0 Å². The smallest absolute Gasteiger partial charge is 0.287 e. The van der Waals surface area contributed by atoms with E-state index in [0.717, 1.165) is 25.0 Å². The van der Waals surface area contributed by atoms with Gasteiger partial charge in [-0.25, -0.2) is 0 Å². The van der Waals surface area contributed by atoms with Crippen molar-refractivity contribution in [1.29, 1.82) is 0 Å². The Morgan fingerprint density at radius 2 is 2.28 bits per heavy atom. The first-order chi connectivity index (χ1) is 8.57. The Labute approximate surface area is 116 Å². The Hall–Kier alpha value is -0.750. The molecule has 0 atom stereocenters. The summed E-state index contributed by atoms with van der Waals surface area (Å²) in [6.07, 6.45) is 3.66. The van der Waals surface area contributed by atoms with Crippen molar-refractivity contribution in [2.45, 2.75) is 39.0 Å². The van der Waals surface area contributed by atoms with E-state index in [-0.39, 0.29) is 12.1 Å². The molecule has 0 saturated carbocycles. The second-order valence-corrected chi connectivity index (χ2v) is 5.57. The Kier molecular flexibility index (Phi) is 6.49. The molecule has 0 aromatic heterocycles. The van der Waals surface area contributed by atoms with Gasteiger partial charge in [0.2, 0.25) is 5.78 Å². The van der Waals surface area contributed by atoms with E-state index < -0.39 is 10.7 Å². The molecule has 102 valence electrons. The highest BCUT2D eigenvalue weighted by Crippen LogP contribution is 2.32. The second-order valence-electron chi connectivity index (χ2n) is 4.08. The highest BCUT2D eigenvalue weighted by atomic mass is 35.5. The van der Waals surface area contributed by atoms with Crippen LogP contribution >= 0.6 is 23.5 Å². The second kappa shape index (κ2) is 7.63. The van der Waals surface area contributed by atoms with Crippen LogP contribution in [0.2, 0.25) is 0 Å². The number of carbonyl (C=O) groups excluding carboxylic acids is 1. The number of unbranched alkanes of at least 4 members (excludes halogenated alkanes) is 2. The van der Waals surface area contributed by atoms with Crippen LogP contribution in [-0.4, -0.2) is 27.4 Å². The van der Waals surface area contributed by atoms with Gasteiger partial charge in [0.1, 0.15) is 0 Å². The molecule has 0 spiro atoms. The maximum absolute atomic E-state index is 11.9. The molecule has 0 amide bonds. The van der Waals surface area contributed by atoms with Crippen LogP contribution in [0.5, 0.6) is 0 Å². The SMILES string of the molecule is CCCCCC(=O)C(=C1SCCCN1Cl)[N+](=O)[O-]. The number of rotatable bonds is 6. The number of Topliss-reactive ketones (excluding diaryl/α,β-unsaturated/α-hetero) is 1. The van der Waals surface area contributed by atoms with E-state index >= 15 is 0 Å². The summed E-state index contributed by atoms with van der Waals surface area (Å²) < 4.78 is 1.30. The van der Waals surface area contributed by atoms with Crippen molar-refractivity contribution in [3.8, 4) is 0 Å². The van der Waals surface area contributed by atoms with Gasteiger partial charge in [-0.1, -0.05) is 19.8 Å². The molecular formula is C11H17ClN2O3S. The van der Waals surface area contributed by atoms with E-state index in [1.165, 1.54) is 16.2 Å². The Morgan fingerprint density at radius 1 is 1.56 bits per heavy atom. The maximum Gasteiger partial charge on any atom is 0.342 e. The molecule has 0 aromatic carbocycles. The summed E-state index contributed by atoms with van der Waals surface area (Å²) in [6.45, 7) is 2.57. The number of allylic oxidation sites excluding steroid dienone is 1. The zero-order chi connectivity index (χ0) is 13.5. The summed E-state index contributed by atoms with van der Waals surface area (Å²) in [5.41, 5.74) is -0.342. The maximum atomic E-state index is 11.9. The number of thioether (sulfide) groups is 1. The average molecular weight is 293 g/mol. The predicted molar refractivity (Wildman–Crippen MR) is 72.8 cm³/mol. The topological polar surface area (TPSA) is 63.5 Å². The lowest BCUT2D eigenvalue weighted by Gasteiger charge is -2.22. The third kappa shape index (κ3) is 4.17. The lowest BCUT2D eigenvalue weighted by molar-refractivity contribution is -0.420. The molecule has 0 aliphatic carbocycles. The molecule has 1 fully saturated rings. The monoisotopic (exact) mass is 292 g/mol. The Bertz CT molecular complexity index is 360. The molecule has 0 N–H and O–H groups in total. The van der Waals surface area contributed by atoms with Gasteiger partial charge in [0.05, 0.1) is 4.92 Å². The molecule has 0 unspecified atom stereocenters. The van der Waals surface area contributed by atoms with Gasteiger partial charge in [0.25, 0.3) is 0 Å². The van der Waals surface area contributed by atoms with Gasteiger partial charge in [-0.2, -0.15) is 0 Å². The van der Waals surface area contributed by atoms with E-state index in [9.17, 15) is 14.9 Å². The van der Waals surface area contributed by atoms with E-state index in [0.29, 0.717) is 18.0 Å². The third-order valence-electron chi connectivity index (χ3n) is 2.61. The average Bonchev–Trinajstić information content (AvgIpc) is 2.32. The van der Waals surface area contributed by atoms with Gasteiger partial charge >= 0.3 is 5.70 Å². The highest BCUT2D eigenvalue weighted by molar-refractivity contribution is 8.03. The van der Waals surface area contributed by atoms with E-state index in [1.54, 1.807) is 0 Å². The molecule has 0 bridgehead atoms. The first kappa shape index (κ1) is 15.3. The van der Waals surface area contributed by atoms with Crippen molar-refractivity contribution in [1.82, 2.24) is 4.42 Å². The lowest BCUT2D eigenvalue weighted by Crippen LogP contribution is -2.24. The number of nitro groups is 1. The fraction of sp³-hybridized carbons (Fsp3) is 0.727. The van der Waals surface area contributed by atoms with Crippen LogP contribution in [-0.2, 0) is 4.79 Å². The molecule has 1 saturated heterocycles. The summed E-state index contributed by atoms with van der Waals surface area (Å²) in [5, 5.41) is 11.3. The summed E-state index contributed by atoms with van der Waals surface area (Å²) in [5.74, 6) is 0.349. The molecule has 1 rings (SSSR count). The van der Waals surface area contributed by atoms with Crippen molar-refractivity contribution in [3.05, 3.63) is 20.8 Å².